The van der Waals surface area contributed by atoms with E-state index in [1.807, 2.05) is 0 Å². The van der Waals surface area contributed by atoms with Crippen molar-refractivity contribution in [3.05, 3.63) is 0 Å². The lowest BCUT2D eigenvalue weighted by molar-refractivity contribution is 0.635. The Kier molecular flexibility index (Phi) is 1.22. The number of nitrogens with two attached hydrogens (primary N) is 1. The number of nitrogens with one attached hydrogen (secondary N) is 2. The summed E-state index contributed by atoms with van der Waals surface area (Å²) in [5, 5.41) is 0. The van der Waals surface area contributed by atoms with E-state index in [1.54, 1.807) is 0 Å². The molecule has 1 rings (SSSR count). The first-order chi connectivity index (χ1) is 3.83. The van der Waals surface area contributed by atoms with Crippen molar-refractivity contribution in [1.29, 1.82) is 0 Å². The summed E-state index contributed by atoms with van der Waals surface area (Å²) in [5.41, 5.74) is 11.0. The van der Waals surface area contributed by atoms with Crippen molar-refractivity contribution in [3.8, 4) is 12.3 Å². The molecule has 0 amide bonds. The lowest BCUT2D eigenvalue weighted by atomic mass is 10.2. The minimum atomic E-state index is -0.116. The van der Waals surface area contributed by atoms with Gasteiger partial charge in [-0.3, -0.25) is 0 Å². The average Bonchev–Trinajstić information content (AvgIpc) is 2.50. The maximum atomic E-state index is 5.33. The fourth-order valence-corrected chi connectivity index (χ4v) is 0.525. The first-order valence-corrected chi connectivity index (χ1v) is 2.51. The van der Waals surface area contributed by atoms with Crippen molar-refractivity contribution in [2.24, 2.45) is 5.73 Å². The maximum Gasteiger partial charge on any atom is 0.117 e. The van der Waals surface area contributed by atoms with Gasteiger partial charge in [0.25, 0.3) is 0 Å². The highest BCUT2D eigenvalue weighted by molar-refractivity contribution is 5.05. The van der Waals surface area contributed by atoms with Gasteiger partial charge in [-0.1, -0.05) is 0 Å². The topological polar surface area (TPSA) is 69.9 Å². The van der Waals surface area contributed by atoms with E-state index in [0.29, 0.717) is 13.0 Å². The number of hydrogen-bond donors (Lipinski definition) is 3. The first kappa shape index (κ1) is 5.57. The van der Waals surface area contributed by atoms with Crippen molar-refractivity contribution in [2.45, 2.75) is 12.1 Å². The highest BCUT2D eigenvalue weighted by Gasteiger charge is 2.38. The zero-order valence-corrected chi connectivity index (χ0v) is 4.57. The van der Waals surface area contributed by atoms with Gasteiger partial charge in [0, 0.05) is 13.0 Å². The second-order valence-corrected chi connectivity index (χ2v) is 1.92. The highest BCUT2D eigenvalue weighted by Crippen LogP contribution is 2.10. The van der Waals surface area contributed by atoms with Gasteiger partial charge in [0.05, 0.1) is 0 Å². The van der Waals surface area contributed by atoms with Crippen molar-refractivity contribution in [3.63, 3.8) is 0 Å². The summed E-state index contributed by atoms with van der Waals surface area (Å²) >= 11 is 0. The quantitative estimate of drug-likeness (QED) is 0.309. The molecule has 1 saturated heterocycles. The van der Waals surface area contributed by atoms with Crippen LogP contribution in [0.15, 0.2) is 0 Å². The number of rotatable bonds is 2. The maximum absolute atomic E-state index is 5.33. The van der Waals surface area contributed by atoms with Gasteiger partial charge in [0.15, 0.2) is 0 Å². The number of hydrazine groups is 1. The van der Waals surface area contributed by atoms with Crippen LogP contribution in [0.1, 0.15) is 6.42 Å². The third kappa shape index (κ3) is 0.819. The molecule has 0 saturated carbocycles. The molecule has 0 atom stereocenters. The molecule has 1 heterocycles. The van der Waals surface area contributed by atoms with Crippen LogP contribution < -0.4 is 16.6 Å². The molecule has 1 fully saturated rings. The van der Waals surface area contributed by atoms with Crippen LogP contribution in [0.3, 0.4) is 0 Å². The van der Waals surface area contributed by atoms with E-state index in [-0.39, 0.29) is 5.66 Å². The average molecular weight is 111 g/mol. The summed E-state index contributed by atoms with van der Waals surface area (Å²) < 4.78 is 0. The van der Waals surface area contributed by atoms with Crippen LogP contribution in [0, 0.1) is 12.3 Å². The second-order valence-electron chi connectivity index (χ2n) is 1.92. The summed E-state index contributed by atoms with van der Waals surface area (Å²) in [6.07, 6.45) is 5.70. The van der Waals surface area contributed by atoms with Gasteiger partial charge in [0.2, 0.25) is 0 Å². The van der Waals surface area contributed by atoms with E-state index in [1.165, 1.54) is 0 Å². The molecule has 44 valence electrons. The molecular weight excluding hydrogens is 102 g/mol. The molecule has 0 bridgehead atoms. The molecule has 4 N–H and O–H groups in total. The van der Waals surface area contributed by atoms with E-state index >= 15 is 0 Å². The van der Waals surface area contributed by atoms with Crippen LogP contribution >= 0.6 is 0 Å². The molecule has 0 unspecified atom stereocenters. The minimum absolute atomic E-state index is 0.116. The number of terminal acetylenes is 1. The van der Waals surface area contributed by atoms with Gasteiger partial charge in [-0.05, 0) is 0 Å². The summed E-state index contributed by atoms with van der Waals surface area (Å²) in [7, 11) is 0. The molecule has 1 aliphatic rings. The predicted molar refractivity (Wildman–Crippen MR) is 31.5 cm³/mol. The molecular formula is C5H9N3. The Hall–Kier alpha value is -0.560. The summed E-state index contributed by atoms with van der Waals surface area (Å²) in [4.78, 5) is 0. The predicted octanol–water partition coefficient (Wildman–Crippen LogP) is -1.23. The van der Waals surface area contributed by atoms with Crippen LogP contribution in [0.2, 0.25) is 0 Å². The Bertz CT molecular complexity index is 120. The molecule has 8 heavy (non-hydrogen) atoms. The van der Waals surface area contributed by atoms with Crippen LogP contribution in [0.4, 0.5) is 0 Å². The smallest absolute Gasteiger partial charge is 0.117 e. The molecule has 0 aromatic carbocycles. The Morgan fingerprint density at radius 2 is 2.25 bits per heavy atom. The molecule has 0 aromatic rings. The first-order valence-electron chi connectivity index (χ1n) is 2.51. The Morgan fingerprint density at radius 1 is 1.62 bits per heavy atom. The lowest BCUT2D eigenvalue weighted by Crippen LogP contribution is -2.28. The highest BCUT2D eigenvalue weighted by atomic mass is 15.7. The fraction of sp³-hybridized carbons (Fsp3) is 0.600. The molecule has 0 spiro atoms. The van der Waals surface area contributed by atoms with Crippen molar-refractivity contribution in [1.82, 2.24) is 10.9 Å². The monoisotopic (exact) mass is 111 g/mol. The third-order valence-electron chi connectivity index (χ3n) is 1.23. The zero-order chi connectivity index (χ0) is 6.04. The molecule has 0 aliphatic carbocycles. The number of hydrogen-bond acceptors (Lipinski definition) is 3. The van der Waals surface area contributed by atoms with E-state index in [0.717, 1.165) is 0 Å². The summed E-state index contributed by atoms with van der Waals surface area (Å²) in [6.45, 7) is 0.553. The van der Waals surface area contributed by atoms with Crippen LogP contribution in [0.5, 0.6) is 0 Å². The van der Waals surface area contributed by atoms with E-state index in [2.05, 4.69) is 16.8 Å². The normalized spacial score (nSPS) is 22.0. The van der Waals surface area contributed by atoms with E-state index < -0.39 is 0 Å². The summed E-state index contributed by atoms with van der Waals surface area (Å²) in [5.74, 6) is 2.52. The molecule has 3 nitrogen and oxygen atoms in total. The lowest BCUT2D eigenvalue weighted by Gasteiger charge is -1.99. The van der Waals surface area contributed by atoms with Gasteiger partial charge < -0.3 is 5.73 Å². The largest absolute Gasteiger partial charge is 0.327 e. The second kappa shape index (κ2) is 1.75. The standard InChI is InChI=1S/C5H9N3/c1-2-3-5(4-6)7-8-5/h1,7-8H,3-4,6H2. The van der Waals surface area contributed by atoms with Crippen LogP contribution in [-0.4, -0.2) is 12.2 Å². The van der Waals surface area contributed by atoms with Crippen molar-refractivity contribution in [2.75, 3.05) is 6.54 Å². The minimum Gasteiger partial charge on any atom is -0.327 e. The Morgan fingerprint density at radius 3 is 2.38 bits per heavy atom. The molecule has 0 aromatic heterocycles. The zero-order valence-electron chi connectivity index (χ0n) is 4.57. The fourth-order valence-electron chi connectivity index (χ4n) is 0.525. The molecule has 1 aliphatic heterocycles. The SMILES string of the molecule is C#CCC1(CN)NN1. The van der Waals surface area contributed by atoms with Crippen LogP contribution in [0.25, 0.3) is 0 Å². The van der Waals surface area contributed by atoms with Crippen LogP contribution in [-0.2, 0) is 0 Å². The van der Waals surface area contributed by atoms with Crippen molar-refractivity contribution >= 4 is 0 Å². The van der Waals surface area contributed by atoms with Gasteiger partial charge in [0.1, 0.15) is 5.66 Å². The van der Waals surface area contributed by atoms with E-state index in [9.17, 15) is 0 Å². The Labute approximate surface area is 48.6 Å². The molecule has 3 heteroatoms. The van der Waals surface area contributed by atoms with Gasteiger partial charge in [-0.25, -0.2) is 10.9 Å². The van der Waals surface area contributed by atoms with Gasteiger partial charge in [-0.2, -0.15) is 0 Å². The summed E-state index contributed by atoms with van der Waals surface area (Å²) in [6, 6.07) is 0. The Balaban J connectivity index is 2.33. The van der Waals surface area contributed by atoms with E-state index in [4.69, 9.17) is 12.2 Å². The van der Waals surface area contributed by atoms with Gasteiger partial charge >= 0.3 is 0 Å². The molecule has 0 radical (unpaired) electrons. The van der Waals surface area contributed by atoms with Crippen molar-refractivity contribution < 1.29 is 0 Å². The third-order valence-corrected chi connectivity index (χ3v) is 1.23. The van der Waals surface area contributed by atoms with Gasteiger partial charge in [-0.15, -0.1) is 12.3 Å².